The number of aromatic nitrogens is 1. The molecule has 0 aliphatic carbocycles. The minimum atomic E-state index is -0.312. The number of aromatic amines is 1. The Labute approximate surface area is 132 Å². The number of nitrogens with two attached hydrogens (primary N) is 1. The first-order chi connectivity index (χ1) is 10.0. The Morgan fingerprint density at radius 2 is 2.14 bits per heavy atom. The fourth-order valence-corrected chi connectivity index (χ4v) is 2.06. The highest BCUT2D eigenvalue weighted by Crippen LogP contribution is 2.23. The molecule has 0 aliphatic rings. The summed E-state index contributed by atoms with van der Waals surface area (Å²) < 4.78 is 0. The summed E-state index contributed by atoms with van der Waals surface area (Å²) >= 11 is 11.6. The Morgan fingerprint density at radius 3 is 2.71 bits per heavy atom. The molecule has 0 unspecified atom stereocenters. The number of halogens is 2. The van der Waals surface area contributed by atoms with E-state index in [1.807, 2.05) is 19.1 Å². The van der Waals surface area contributed by atoms with Gasteiger partial charge in [-0.1, -0.05) is 35.0 Å². The smallest absolute Gasteiger partial charge is 0.272 e. The second-order valence-electron chi connectivity index (χ2n) is 4.33. The lowest BCUT2D eigenvalue weighted by molar-refractivity contribution is 0.102. The lowest BCUT2D eigenvalue weighted by Crippen LogP contribution is -2.13. The Kier molecular flexibility index (Phi) is 4.92. The molecule has 4 N–H and O–H groups in total. The van der Waals surface area contributed by atoms with Gasteiger partial charge in [-0.15, -0.1) is 0 Å². The van der Waals surface area contributed by atoms with Crippen LogP contribution in [0.15, 0.2) is 24.3 Å². The van der Waals surface area contributed by atoms with Gasteiger partial charge >= 0.3 is 0 Å². The van der Waals surface area contributed by atoms with Gasteiger partial charge in [0.2, 0.25) is 0 Å². The standard InChI is InChI=1S/C15H13Cl2N3O/c1-9-7-10(3-2-6-18)4-5-12(9)20-15(21)13-8-11(16)14(17)19-13/h4-5,7-8,19H,6,18H2,1H3,(H,20,21). The van der Waals surface area contributed by atoms with Crippen molar-refractivity contribution in [3.63, 3.8) is 0 Å². The molecule has 2 aromatic rings. The minimum absolute atomic E-state index is 0.242. The largest absolute Gasteiger partial charge is 0.340 e. The predicted octanol–water partition coefficient (Wildman–Crippen LogP) is 3.19. The van der Waals surface area contributed by atoms with Gasteiger partial charge in [-0.25, -0.2) is 0 Å². The lowest BCUT2D eigenvalue weighted by atomic mass is 10.1. The molecule has 21 heavy (non-hydrogen) atoms. The third-order valence-corrected chi connectivity index (χ3v) is 3.47. The molecular weight excluding hydrogens is 309 g/mol. The van der Waals surface area contributed by atoms with Crippen LogP contribution in [0.4, 0.5) is 5.69 Å². The van der Waals surface area contributed by atoms with Crippen LogP contribution in [0.5, 0.6) is 0 Å². The van der Waals surface area contributed by atoms with Crippen molar-refractivity contribution < 1.29 is 4.79 Å². The molecule has 0 saturated carbocycles. The molecular formula is C15H13Cl2N3O. The zero-order chi connectivity index (χ0) is 15.4. The number of amides is 1. The summed E-state index contributed by atoms with van der Waals surface area (Å²) in [5, 5.41) is 3.34. The van der Waals surface area contributed by atoms with Crippen LogP contribution in [0.2, 0.25) is 10.2 Å². The molecule has 2 rings (SSSR count). The summed E-state index contributed by atoms with van der Waals surface area (Å²) in [6.07, 6.45) is 0. The van der Waals surface area contributed by atoms with Crippen LogP contribution in [-0.4, -0.2) is 17.4 Å². The van der Waals surface area contributed by atoms with Crippen LogP contribution in [0, 0.1) is 18.8 Å². The highest BCUT2D eigenvalue weighted by atomic mass is 35.5. The topological polar surface area (TPSA) is 70.9 Å². The Balaban J connectivity index is 2.18. The molecule has 6 heteroatoms. The summed E-state index contributed by atoms with van der Waals surface area (Å²) in [6, 6.07) is 6.97. The Morgan fingerprint density at radius 1 is 1.38 bits per heavy atom. The van der Waals surface area contributed by atoms with E-state index in [9.17, 15) is 4.79 Å². The fourth-order valence-electron chi connectivity index (χ4n) is 1.75. The monoisotopic (exact) mass is 321 g/mol. The highest BCUT2D eigenvalue weighted by Gasteiger charge is 2.12. The van der Waals surface area contributed by atoms with Crippen molar-refractivity contribution >= 4 is 34.8 Å². The van der Waals surface area contributed by atoms with E-state index in [4.69, 9.17) is 28.9 Å². The summed E-state index contributed by atoms with van der Waals surface area (Å²) in [5.74, 6) is 5.41. The van der Waals surface area contributed by atoms with Crippen molar-refractivity contribution in [3.8, 4) is 11.8 Å². The first-order valence-corrected chi connectivity index (χ1v) is 6.92. The zero-order valence-corrected chi connectivity index (χ0v) is 12.8. The number of anilines is 1. The van der Waals surface area contributed by atoms with E-state index in [1.165, 1.54) is 6.07 Å². The van der Waals surface area contributed by atoms with Crippen LogP contribution in [0.1, 0.15) is 21.6 Å². The van der Waals surface area contributed by atoms with E-state index in [0.29, 0.717) is 22.9 Å². The summed E-state index contributed by atoms with van der Waals surface area (Å²) in [6.45, 7) is 2.20. The number of aryl methyl sites for hydroxylation is 1. The van der Waals surface area contributed by atoms with Crippen LogP contribution >= 0.6 is 23.2 Å². The van der Waals surface area contributed by atoms with E-state index >= 15 is 0 Å². The molecule has 0 spiro atoms. The van der Waals surface area contributed by atoms with Crippen molar-refractivity contribution in [1.29, 1.82) is 0 Å². The number of carbonyl (C=O) groups is 1. The van der Waals surface area contributed by atoms with E-state index in [2.05, 4.69) is 22.1 Å². The van der Waals surface area contributed by atoms with Gasteiger partial charge < -0.3 is 16.0 Å². The number of rotatable bonds is 2. The molecule has 0 aliphatic heterocycles. The van der Waals surface area contributed by atoms with Gasteiger partial charge in [0.1, 0.15) is 10.8 Å². The quantitative estimate of drug-likeness (QED) is 0.743. The number of H-pyrrole nitrogens is 1. The molecule has 0 saturated heterocycles. The van der Waals surface area contributed by atoms with Crippen molar-refractivity contribution in [2.24, 2.45) is 5.73 Å². The second-order valence-corrected chi connectivity index (χ2v) is 5.12. The molecule has 108 valence electrons. The van der Waals surface area contributed by atoms with Gasteiger partial charge in [0.15, 0.2) is 0 Å². The normalized spacial score (nSPS) is 9.90. The van der Waals surface area contributed by atoms with Gasteiger partial charge in [-0.2, -0.15) is 0 Å². The highest BCUT2D eigenvalue weighted by molar-refractivity contribution is 6.41. The maximum atomic E-state index is 12.1. The third kappa shape index (κ3) is 3.79. The SMILES string of the molecule is Cc1cc(C#CCN)ccc1NC(=O)c1cc(Cl)c(Cl)[nH]1. The van der Waals surface area contributed by atoms with Gasteiger partial charge in [-0.3, -0.25) is 4.79 Å². The average molecular weight is 322 g/mol. The van der Waals surface area contributed by atoms with E-state index in [-0.39, 0.29) is 11.1 Å². The summed E-state index contributed by atoms with van der Waals surface area (Å²) in [7, 11) is 0. The van der Waals surface area contributed by atoms with Crippen molar-refractivity contribution in [3.05, 3.63) is 51.3 Å². The molecule has 1 amide bonds. The number of benzene rings is 1. The Hall–Kier alpha value is -1.93. The number of nitrogens with one attached hydrogen (secondary N) is 2. The zero-order valence-electron chi connectivity index (χ0n) is 11.3. The molecule has 1 heterocycles. The average Bonchev–Trinajstić information content (AvgIpc) is 2.79. The summed E-state index contributed by atoms with van der Waals surface area (Å²) in [4.78, 5) is 14.8. The van der Waals surface area contributed by atoms with E-state index < -0.39 is 0 Å². The van der Waals surface area contributed by atoms with Gasteiger partial charge in [-0.05, 0) is 36.8 Å². The molecule has 1 aromatic heterocycles. The maximum Gasteiger partial charge on any atom is 0.272 e. The van der Waals surface area contributed by atoms with Crippen LogP contribution in [0.3, 0.4) is 0 Å². The first-order valence-electron chi connectivity index (χ1n) is 6.16. The van der Waals surface area contributed by atoms with Gasteiger partial charge in [0.25, 0.3) is 5.91 Å². The van der Waals surface area contributed by atoms with Crippen molar-refractivity contribution in [2.45, 2.75) is 6.92 Å². The van der Waals surface area contributed by atoms with Gasteiger partial charge in [0, 0.05) is 11.3 Å². The fraction of sp³-hybridized carbons (Fsp3) is 0.133. The Bertz CT molecular complexity index is 722. The molecule has 0 bridgehead atoms. The van der Waals surface area contributed by atoms with Crippen LogP contribution in [0.25, 0.3) is 0 Å². The first kappa shape index (κ1) is 15.5. The van der Waals surface area contributed by atoms with Crippen molar-refractivity contribution in [1.82, 2.24) is 4.98 Å². The van der Waals surface area contributed by atoms with E-state index in [1.54, 1.807) is 6.07 Å². The molecule has 4 nitrogen and oxygen atoms in total. The molecule has 0 fully saturated rings. The third-order valence-electron chi connectivity index (χ3n) is 2.78. The van der Waals surface area contributed by atoms with Crippen LogP contribution in [-0.2, 0) is 0 Å². The molecule has 0 radical (unpaired) electrons. The predicted molar refractivity (Wildman–Crippen MR) is 85.9 cm³/mol. The lowest BCUT2D eigenvalue weighted by Gasteiger charge is -2.07. The van der Waals surface area contributed by atoms with Crippen LogP contribution < -0.4 is 11.1 Å². The maximum absolute atomic E-state index is 12.1. The van der Waals surface area contributed by atoms with Gasteiger partial charge in [0.05, 0.1) is 11.6 Å². The minimum Gasteiger partial charge on any atom is -0.340 e. The van der Waals surface area contributed by atoms with Crippen molar-refractivity contribution in [2.75, 3.05) is 11.9 Å². The molecule has 0 atom stereocenters. The molecule has 1 aromatic carbocycles. The second kappa shape index (κ2) is 6.68. The van der Waals surface area contributed by atoms with E-state index in [0.717, 1.165) is 11.1 Å². The number of carbonyl (C=O) groups excluding carboxylic acids is 1. The number of hydrogen-bond donors (Lipinski definition) is 3. The summed E-state index contributed by atoms with van der Waals surface area (Å²) in [5.41, 5.74) is 8.08. The number of hydrogen-bond acceptors (Lipinski definition) is 2.